The van der Waals surface area contributed by atoms with Crippen molar-refractivity contribution in [1.29, 1.82) is 0 Å². The van der Waals surface area contributed by atoms with Gasteiger partial charge in [-0.1, -0.05) is 12.5 Å². The molecule has 4 aliphatic rings. The van der Waals surface area contributed by atoms with Crippen molar-refractivity contribution in [2.24, 2.45) is 29.1 Å². The Morgan fingerprint density at radius 3 is 2.86 bits per heavy atom. The number of nitrogens with two attached hydrogens (primary N) is 1. The lowest BCUT2D eigenvalue weighted by molar-refractivity contribution is -0.0312. The van der Waals surface area contributed by atoms with Crippen molar-refractivity contribution in [3.8, 4) is 0 Å². The van der Waals surface area contributed by atoms with Gasteiger partial charge in [0.25, 0.3) is 0 Å². The third-order valence-corrected chi connectivity index (χ3v) is 7.12. The van der Waals surface area contributed by atoms with Crippen LogP contribution in [-0.2, 0) is 4.84 Å². The standard InChI is InChI=1S/C18H27NO2/c1-18-9-8-14-13-5-3-12(21-19)10-11(13)2-4-15(14)16(18)6-7-17(18)20/h10,14-17,20H,2-9,19H2,1H3/t14?,15?,16?,17-,18-/m0/s1. The molecule has 3 N–H and O–H groups in total. The van der Waals surface area contributed by atoms with E-state index in [1.54, 1.807) is 5.57 Å². The van der Waals surface area contributed by atoms with Gasteiger partial charge in [-0.2, -0.15) is 5.90 Å². The van der Waals surface area contributed by atoms with Crippen molar-refractivity contribution in [1.82, 2.24) is 0 Å². The summed E-state index contributed by atoms with van der Waals surface area (Å²) in [5.74, 6) is 8.58. The van der Waals surface area contributed by atoms with Crippen LogP contribution in [0.1, 0.15) is 58.3 Å². The van der Waals surface area contributed by atoms with E-state index in [0.717, 1.165) is 42.8 Å². The Bertz CT molecular complexity index is 509. The fraction of sp³-hybridized carbons (Fsp3) is 0.778. The summed E-state index contributed by atoms with van der Waals surface area (Å²) in [6, 6.07) is 0. The minimum absolute atomic E-state index is 0.0673. The molecule has 0 aromatic heterocycles. The van der Waals surface area contributed by atoms with Crippen LogP contribution in [-0.4, -0.2) is 11.2 Å². The molecule has 3 heteroatoms. The molecule has 0 radical (unpaired) electrons. The first-order valence-electron chi connectivity index (χ1n) is 8.61. The van der Waals surface area contributed by atoms with Crippen LogP contribution in [0.5, 0.6) is 0 Å². The van der Waals surface area contributed by atoms with Crippen molar-refractivity contribution >= 4 is 0 Å². The van der Waals surface area contributed by atoms with Crippen LogP contribution in [0.4, 0.5) is 0 Å². The zero-order valence-corrected chi connectivity index (χ0v) is 13.0. The summed E-state index contributed by atoms with van der Waals surface area (Å²) < 4.78 is 0. The first kappa shape index (κ1) is 13.8. The minimum atomic E-state index is -0.0673. The normalized spacial score (nSPS) is 45.6. The molecule has 0 bridgehead atoms. The number of allylic oxidation sites excluding steroid dienone is 4. The summed E-state index contributed by atoms with van der Waals surface area (Å²) in [7, 11) is 0. The molecule has 2 fully saturated rings. The van der Waals surface area contributed by atoms with E-state index in [1.165, 1.54) is 37.7 Å². The van der Waals surface area contributed by atoms with Crippen molar-refractivity contribution in [3.05, 3.63) is 23.0 Å². The third-order valence-electron chi connectivity index (χ3n) is 7.12. The van der Waals surface area contributed by atoms with Crippen molar-refractivity contribution in [2.45, 2.75) is 64.4 Å². The summed E-state index contributed by atoms with van der Waals surface area (Å²) >= 11 is 0. The Kier molecular flexibility index (Phi) is 3.20. The summed E-state index contributed by atoms with van der Waals surface area (Å²) in [5.41, 5.74) is 3.38. The fourth-order valence-electron chi connectivity index (χ4n) is 5.94. The molecular formula is C18H27NO2. The molecule has 0 saturated heterocycles. The monoisotopic (exact) mass is 289 g/mol. The van der Waals surface area contributed by atoms with E-state index in [0.29, 0.717) is 0 Å². The highest BCUT2D eigenvalue weighted by Gasteiger charge is 2.54. The van der Waals surface area contributed by atoms with Gasteiger partial charge in [0, 0.05) is 6.42 Å². The summed E-state index contributed by atoms with van der Waals surface area (Å²) in [4.78, 5) is 4.97. The molecule has 3 nitrogen and oxygen atoms in total. The molecule has 4 rings (SSSR count). The smallest absolute Gasteiger partial charge is 0.124 e. The highest BCUT2D eigenvalue weighted by Crippen LogP contribution is 2.60. The van der Waals surface area contributed by atoms with E-state index in [-0.39, 0.29) is 11.5 Å². The van der Waals surface area contributed by atoms with Gasteiger partial charge in [-0.15, -0.1) is 0 Å². The maximum absolute atomic E-state index is 10.4. The molecule has 0 amide bonds. The Hall–Kier alpha value is -0.800. The Morgan fingerprint density at radius 1 is 1.19 bits per heavy atom. The van der Waals surface area contributed by atoms with Crippen molar-refractivity contribution in [2.75, 3.05) is 0 Å². The quantitative estimate of drug-likeness (QED) is 0.727. The van der Waals surface area contributed by atoms with Crippen molar-refractivity contribution < 1.29 is 9.94 Å². The summed E-state index contributed by atoms with van der Waals surface area (Å²) in [6.45, 7) is 2.34. The van der Waals surface area contributed by atoms with Crippen LogP contribution >= 0.6 is 0 Å². The molecule has 0 spiro atoms. The van der Waals surface area contributed by atoms with E-state index < -0.39 is 0 Å². The first-order valence-corrected chi connectivity index (χ1v) is 8.61. The number of fused-ring (bicyclic) bond motifs is 4. The average Bonchev–Trinajstić information content (AvgIpc) is 2.82. The maximum Gasteiger partial charge on any atom is 0.124 e. The number of hydrogen-bond acceptors (Lipinski definition) is 3. The van der Waals surface area contributed by atoms with E-state index in [2.05, 4.69) is 13.0 Å². The summed E-state index contributed by atoms with van der Waals surface area (Å²) in [6.07, 6.45) is 11.4. The molecule has 116 valence electrons. The van der Waals surface area contributed by atoms with Gasteiger partial charge in [0.1, 0.15) is 5.76 Å². The van der Waals surface area contributed by atoms with Gasteiger partial charge in [-0.25, -0.2) is 0 Å². The predicted octanol–water partition coefficient (Wildman–Crippen LogP) is 3.45. The van der Waals surface area contributed by atoms with Crippen LogP contribution in [0, 0.1) is 23.2 Å². The number of aliphatic hydroxyl groups is 1. The number of hydrogen-bond donors (Lipinski definition) is 2. The average molecular weight is 289 g/mol. The minimum Gasteiger partial charge on any atom is -0.416 e. The molecule has 0 aromatic rings. The molecule has 0 aromatic carbocycles. The molecular weight excluding hydrogens is 262 g/mol. The Labute approximate surface area is 127 Å². The molecule has 0 heterocycles. The third kappa shape index (κ3) is 1.93. The highest BCUT2D eigenvalue weighted by molar-refractivity contribution is 5.36. The van der Waals surface area contributed by atoms with Gasteiger partial charge in [-0.05, 0) is 79.8 Å². The maximum atomic E-state index is 10.4. The lowest BCUT2D eigenvalue weighted by atomic mass is 9.54. The van der Waals surface area contributed by atoms with Crippen LogP contribution in [0.2, 0.25) is 0 Å². The molecule has 2 saturated carbocycles. The van der Waals surface area contributed by atoms with Crippen LogP contribution < -0.4 is 5.90 Å². The molecule has 4 aliphatic carbocycles. The lowest BCUT2D eigenvalue weighted by Crippen LogP contribution is -2.45. The largest absolute Gasteiger partial charge is 0.416 e. The van der Waals surface area contributed by atoms with E-state index in [4.69, 9.17) is 10.7 Å². The fourth-order valence-corrected chi connectivity index (χ4v) is 5.94. The van der Waals surface area contributed by atoms with Crippen LogP contribution in [0.15, 0.2) is 23.0 Å². The Balaban J connectivity index is 1.65. The summed E-state index contributed by atoms with van der Waals surface area (Å²) in [5, 5.41) is 10.4. The molecule has 5 atom stereocenters. The van der Waals surface area contributed by atoms with Gasteiger partial charge < -0.3 is 9.94 Å². The number of rotatable bonds is 1. The van der Waals surface area contributed by atoms with Gasteiger partial charge >= 0.3 is 0 Å². The second-order valence-electron chi connectivity index (χ2n) is 7.83. The van der Waals surface area contributed by atoms with Gasteiger partial charge in [0.05, 0.1) is 6.10 Å². The molecule has 3 unspecified atom stereocenters. The second kappa shape index (κ2) is 4.85. The van der Waals surface area contributed by atoms with Gasteiger partial charge in [0.2, 0.25) is 0 Å². The lowest BCUT2D eigenvalue weighted by Gasteiger charge is -2.51. The van der Waals surface area contributed by atoms with Crippen molar-refractivity contribution in [3.63, 3.8) is 0 Å². The molecule has 21 heavy (non-hydrogen) atoms. The Morgan fingerprint density at radius 2 is 2.05 bits per heavy atom. The highest BCUT2D eigenvalue weighted by atomic mass is 16.6. The van der Waals surface area contributed by atoms with Crippen LogP contribution in [0.25, 0.3) is 0 Å². The molecule has 0 aliphatic heterocycles. The zero-order valence-electron chi connectivity index (χ0n) is 13.0. The first-order chi connectivity index (χ1) is 10.1. The predicted molar refractivity (Wildman–Crippen MR) is 81.9 cm³/mol. The van der Waals surface area contributed by atoms with Gasteiger partial charge in [-0.3, -0.25) is 0 Å². The second-order valence-corrected chi connectivity index (χ2v) is 7.83. The van der Waals surface area contributed by atoms with E-state index >= 15 is 0 Å². The van der Waals surface area contributed by atoms with E-state index in [9.17, 15) is 5.11 Å². The van der Waals surface area contributed by atoms with Crippen LogP contribution in [0.3, 0.4) is 0 Å². The van der Waals surface area contributed by atoms with Gasteiger partial charge in [0.15, 0.2) is 0 Å². The topological polar surface area (TPSA) is 55.5 Å². The zero-order chi connectivity index (χ0) is 14.6. The van der Waals surface area contributed by atoms with E-state index in [1.807, 2.05) is 0 Å². The SMILES string of the molecule is C[C@]12CCC3C4=C(C=C(ON)CC4)CCC3C1CC[C@@H]2O. The number of aliphatic hydroxyl groups excluding tert-OH is 1.